The van der Waals surface area contributed by atoms with E-state index in [0.29, 0.717) is 60.0 Å². The smallest absolute Gasteiger partial charge is 0.377 e. The number of fused-ring (bicyclic) bond motifs is 1. The van der Waals surface area contributed by atoms with Gasteiger partial charge < -0.3 is 25.2 Å². The maximum Gasteiger partial charge on any atom is 0.420 e. The lowest BCUT2D eigenvalue weighted by molar-refractivity contribution is -0.137. The van der Waals surface area contributed by atoms with Gasteiger partial charge in [-0.15, -0.1) is 23.1 Å². The van der Waals surface area contributed by atoms with E-state index in [9.17, 15) is 22.8 Å². The largest absolute Gasteiger partial charge is 0.420 e. The first kappa shape index (κ1) is 27.6. The van der Waals surface area contributed by atoms with E-state index in [0.717, 1.165) is 41.6 Å². The number of rotatable bonds is 6. The number of carbonyl (C=O) groups excluding carboxylic acids is 2. The number of hydrogen-bond donors (Lipinski definition) is 2. The van der Waals surface area contributed by atoms with Crippen molar-refractivity contribution >= 4 is 52.2 Å². The third kappa shape index (κ3) is 5.25. The van der Waals surface area contributed by atoms with Crippen LogP contribution in [-0.2, 0) is 15.7 Å². The molecule has 2 N–H and O–H groups in total. The highest BCUT2D eigenvalue weighted by Crippen LogP contribution is 2.46. The molecule has 0 bridgehead atoms. The maximum absolute atomic E-state index is 14.1. The number of benzene rings is 1. The van der Waals surface area contributed by atoms with Gasteiger partial charge in [0, 0.05) is 47.9 Å². The number of hydrogen-bond acceptors (Lipinski definition) is 9. The molecule has 2 aromatic heterocycles. The van der Waals surface area contributed by atoms with Crippen molar-refractivity contribution in [3.05, 3.63) is 46.5 Å². The average molecular weight is 617 g/mol. The highest BCUT2D eigenvalue weighted by Gasteiger charge is 2.38. The Kier molecular flexibility index (Phi) is 7.11. The highest BCUT2D eigenvalue weighted by atomic mass is 32.2. The Balaban J connectivity index is 1.22. The van der Waals surface area contributed by atoms with Crippen LogP contribution in [0.2, 0.25) is 0 Å². The van der Waals surface area contributed by atoms with Gasteiger partial charge in [0.05, 0.1) is 36.4 Å². The van der Waals surface area contributed by atoms with Crippen molar-refractivity contribution < 1.29 is 27.5 Å². The minimum Gasteiger partial charge on any atom is -0.377 e. The molecule has 14 heteroatoms. The molecule has 5 heterocycles. The third-order valence-electron chi connectivity index (χ3n) is 7.83. The van der Waals surface area contributed by atoms with Crippen molar-refractivity contribution in [1.29, 1.82) is 0 Å². The molecule has 1 aromatic carbocycles. The summed E-state index contributed by atoms with van der Waals surface area (Å²) < 4.78 is 47.7. The lowest BCUT2D eigenvalue weighted by atomic mass is 10.1. The van der Waals surface area contributed by atoms with Crippen molar-refractivity contribution in [2.45, 2.75) is 35.9 Å². The first-order valence-electron chi connectivity index (χ1n) is 13.8. The van der Waals surface area contributed by atoms with Gasteiger partial charge in [0.1, 0.15) is 10.4 Å². The lowest BCUT2D eigenvalue weighted by Crippen LogP contribution is -2.52. The van der Waals surface area contributed by atoms with Crippen LogP contribution in [0.4, 0.5) is 30.5 Å². The zero-order valence-corrected chi connectivity index (χ0v) is 24.0. The quantitative estimate of drug-likeness (QED) is 0.411. The van der Waals surface area contributed by atoms with Crippen LogP contribution in [0.3, 0.4) is 0 Å². The van der Waals surface area contributed by atoms with Crippen molar-refractivity contribution in [3.8, 4) is 10.6 Å². The van der Waals surface area contributed by atoms with Gasteiger partial charge in [-0.1, -0.05) is 0 Å². The van der Waals surface area contributed by atoms with E-state index < -0.39 is 11.7 Å². The van der Waals surface area contributed by atoms with Gasteiger partial charge in [-0.05, 0) is 48.6 Å². The number of alkyl halides is 3. The molecule has 2 amide bonds. The molecule has 1 aliphatic carbocycles. The fourth-order valence-corrected chi connectivity index (χ4v) is 7.70. The molecule has 9 nitrogen and oxygen atoms in total. The highest BCUT2D eigenvalue weighted by molar-refractivity contribution is 7.99. The zero-order chi connectivity index (χ0) is 29.0. The second kappa shape index (κ2) is 10.8. The van der Waals surface area contributed by atoms with Crippen molar-refractivity contribution in [1.82, 2.24) is 20.2 Å². The molecular formula is C28H27F3N6O3S2. The van der Waals surface area contributed by atoms with E-state index in [2.05, 4.69) is 20.6 Å². The van der Waals surface area contributed by atoms with E-state index in [-0.39, 0.29) is 40.9 Å². The number of ether oxygens (including phenoxy) is 1. The Labute approximate surface area is 247 Å². The molecule has 220 valence electrons. The number of anilines is 3. The summed E-state index contributed by atoms with van der Waals surface area (Å²) in [6, 6.07) is 7.28. The van der Waals surface area contributed by atoms with E-state index in [4.69, 9.17) is 4.74 Å². The molecule has 3 aliphatic heterocycles. The SMILES string of the molecule is O=C1CNCCN1c1ccc(Nc2ncc(C(F)(F)F)c(-c3cc4c(s3)C(=O)N(C3COC3)CCS4)n2)c(C2CC2)c1. The number of piperazine rings is 1. The summed E-state index contributed by atoms with van der Waals surface area (Å²) in [5.41, 5.74) is 1.25. The summed E-state index contributed by atoms with van der Waals surface area (Å²) in [4.78, 5) is 39.0. The van der Waals surface area contributed by atoms with Gasteiger partial charge in [-0.2, -0.15) is 13.2 Å². The molecule has 0 radical (unpaired) electrons. The second-order valence-electron chi connectivity index (χ2n) is 10.7. The van der Waals surface area contributed by atoms with E-state index in [1.165, 1.54) is 11.8 Å². The molecule has 3 aromatic rings. The normalized spacial score (nSPS) is 19.9. The Morgan fingerprint density at radius 1 is 1.12 bits per heavy atom. The van der Waals surface area contributed by atoms with Crippen molar-refractivity contribution in [2.24, 2.45) is 0 Å². The molecular weight excluding hydrogens is 589 g/mol. The van der Waals surface area contributed by atoms with Crippen LogP contribution < -0.4 is 15.5 Å². The summed E-state index contributed by atoms with van der Waals surface area (Å²) in [6.07, 6.45) is -1.90. The van der Waals surface area contributed by atoms with Gasteiger partial charge in [0.15, 0.2) is 0 Å². The van der Waals surface area contributed by atoms with Crippen LogP contribution in [0, 0.1) is 0 Å². The molecule has 0 unspecified atom stereocenters. The van der Waals surface area contributed by atoms with E-state index in [1.54, 1.807) is 15.9 Å². The third-order valence-corrected chi connectivity index (χ3v) is 10.1. The van der Waals surface area contributed by atoms with E-state index in [1.807, 2.05) is 18.2 Å². The van der Waals surface area contributed by atoms with Crippen molar-refractivity contribution in [2.75, 3.05) is 55.4 Å². The Hall–Kier alpha value is -3.20. The summed E-state index contributed by atoms with van der Waals surface area (Å²) in [5, 5.41) is 6.22. The maximum atomic E-state index is 14.1. The van der Waals surface area contributed by atoms with Crippen LogP contribution in [0.15, 0.2) is 35.4 Å². The minimum atomic E-state index is -4.68. The number of halogens is 3. The monoisotopic (exact) mass is 616 g/mol. The topological polar surface area (TPSA) is 99.7 Å². The average Bonchev–Trinajstić information content (AvgIpc) is 3.72. The number of nitrogens with zero attached hydrogens (tertiary/aromatic N) is 4. The van der Waals surface area contributed by atoms with Crippen LogP contribution in [0.5, 0.6) is 0 Å². The summed E-state index contributed by atoms with van der Waals surface area (Å²) in [6.45, 7) is 3.06. The standard InChI is InChI=1S/C28H27F3N6O3S2/c29-28(30,31)19-11-33-27(34-20-4-3-16(9-18(20)15-1-2-15)36-6-5-32-12-23(36)38)35-24(19)21-10-22-25(42-21)26(39)37(7-8-41-22)17-13-40-14-17/h3-4,9-11,15,17,32H,1-2,5-8,12-14H2,(H,33,34,35). The molecule has 4 aliphatic rings. The first-order valence-corrected chi connectivity index (χ1v) is 15.6. The molecule has 2 saturated heterocycles. The summed E-state index contributed by atoms with van der Waals surface area (Å²) in [7, 11) is 0. The lowest BCUT2D eigenvalue weighted by Gasteiger charge is -2.36. The van der Waals surface area contributed by atoms with Gasteiger partial charge in [0.2, 0.25) is 11.9 Å². The van der Waals surface area contributed by atoms with Gasteiger partial charge in [-0.25, -0.2) is 9.97 Å². The fourth-order valence-electron chi connectivity index (χ4n) is 5.39. The predicted molar refractivity (Wildman–Crippen MR) is 154 cm³/mol. The molecule has 0 atom stereocenters. The van der Waals surface area contributed by atoms with Crippen molar-refractivity contribution in [3.63, 3.8) is 0 Å². The molecule has 1 saturated carbocycles. The number of aromatic nitrogens is 2. The zero-order valence-electron chi connectivity index (χ0n) is 22.4. The van der Waals surface area contributed by atoms with Gasteiger partial charge in [0.25, 0.3) is 5.91 Å². The van der Waals surface area contributed by atoms with Crippen LogP contribution >= 0.6 is 23.1 Å². The van der Waals surface area contributed by atoms with E-state index >= 15 is 0 Å². The first-order chi connectivity index (χ1) is 20.3. The number of thiophene rings is 1. The second-order valence-corrected chi connectivity index (χ2v) is 12.9. The Morgan fingerprint density at radius 2 is 1.95 bits per heavy atom. The fraction of sp³-hybridized carbons (Fsp3) is 0.429. The van der Waals surface area contributed by atoms with Crippen LogP contribution in [0.25, 0.3) is 10.6 Å². The molecule has 0 spiro atoms. The molecule has 3 fully saturated rings. The molecule has 7 rings (SSSR count). The number of carbonyl (C=O) groups is 2. The summed E-state index contributed by atoms with van der Waals surface area (Å²) >= 11 is 2.50. The van der Waals surface area contributed by atoms with Gasteiger partial charge in [-0.3, -0.25) is 9.59 Å². The van der Waals surface area contributed by atoms with Gasteiger partial charge >= 0.3 is 6.18 Å². The Morgan fingerprint density at radius 3 is 2.67 bits per heavy atom. The van der Waals surface area contributed by atoms with Crippen LogP contribution in [-0.4, -0.2) is 77.9 Å². The number of amides is 2. The molecule has 42 heavy (non-hydrogen) atoms. The number of nitrogens with one attached hydrogen (secondary N) is 2. The number of thioether (sulfide) groups is 1. The van der Waals surface area contributed by atoms with Crippen LogP contribution in [0.1, 0.15) is 39.6 Å². The predicted octanol–water partition coefficient (Wildman–Crippen LogP) is 4.73. The Bertz CT molecular complexity index is 1560. The summed E-state index contributed by atoms with van der Waals surface area (Å²) in [5.74, 6) is 0.779. The minimum absolute atomic E-state index is 0.00504.